The van der Waals surface area contributed by atoms with Crippen molar-refractivity contribution < 1.29 is 9.53 Å². The molecular formula is C29H29N5O2. The predicted molar refractivity (Wildman–Crippen MR) is 143 cm³/mol. The van der Waals surface area contributed by atoms with Crippen molar-refractivity contribution >= 4 is 23.0 Å². The van der Waals surface area contributed by atoms with Crippen LogP contribution < -0.4 is 15.4 Å². The van der Waals surface area contributed by atoms with E-state index in [2.05, 4.69) is 49.8 Å². The molecular weight excluding hydrogens is 450 g/mol. The van der Waals surface area contributed by atoms with Crippen LogP contribution in [0.1, 0.15) is 16.7 Å². The summed E-state index contributed by atoms with van der Waals surface area (Å²) >= 11 is 0. The highest BCUT2D eigenvalue weighted by atomic mass is 16.5. The molecule has 5 rings (SSSR count). The van der Waals surface area contributed by atoms with E-state index in [1.807, 2.05) is 50.5 Å². The van der Waals surface area contributed by atoms with Crippen LogP contribution in [-0.2, 0) is 24.2 Å². The van der Waals surface area contributed by atoms with Crippen molar-refractivity contribution in [2.75, 3.05) is 31.3 Å². The molecule has 36 heavy (non-hydrogen) atoms. The highest BCUT2D eigenvalue weighted by Gasteiger charge is 2.15. The van der Waals surface area contributed by atoms with Crippen molar-refractivity contribution in [2.24, 2.45) is 0 Å². The van der Waals surface area contributed by atoms with Gasteiger partial charge in [-0.05, 0) is 80.5 Å². The van der Waals surface area contributed by atoms with Crippen LogP contribution in [0.4, 0.5) is 17.1 Å². The SMILES string of the molecule is CN(C)Cc1cc(-c2ncccn2)ccc1OCC(=O)Nc1ccc2c(c1)Nc1ccccc1CC2. The zero-order valence-electron chi connectivity index (χ0n) is 20.5. The van der Waals surface area contributed by atoms with Crippen LogP contribution in [-0.4, -0.2) is 41.5 Å². The standard InChI is InChI=1S/C29H29N5O2/c1-34(2)18-23-16-22(29-30-14-5-15-31-29)11-13-27(23)36-19-28(35)32-24-12-10-21-9-8-20-6-3-4-7-25(20)33-26(21)17-24/h3-7,10-17,33H,8-9,18-19H2,1-2H3,(H,32,35). The number of amides is 1. The third-order valence-corrected chi connectivity index (χ3v) is 6.07. The molecule has 1 aromatic heterocycles. The lowest BCUT2D eigenvalue weighted by molar-refractivity contribution is -0.118. The molecule has 1 aliphatic heterocycles. The molecule has 0 aliphatic carbocycles. The van der Waals surface area contributed by atoms with Crippen LogP contribution in [0.25, 0.3) is 11.4 Å². The molecule has 1 aliphatic rings. The second kappa shape index (κ2) is 10.6. The Morgan fingerprint density at radius 2 is 1.72 bits per heavy atom. The molecule has 2 N–H and O–H groups in total. The lowest BCUT2D eigenvalue weighted by Gasteiger charge is -2.16. The molecule has 0 saturated heterocycles. The van der Waals surface area contributed by atoms with Crippen LogP contribution in [0.5, 0.6) is 5.75 Å². The number of rotatable bonds is 7. The summed E-state index contributed by atoms with van der Waals surface area (Å²) in [5.41, 5.74) is 7.27. The highest BCUT2D eigenvalue weighted by molar-refractivity contribution is 5.92. The Morgan fingerprint density at radius 1 is 0.944 bits per heavy atom. The van der Waals surface area contributed by atoms with E-state index in [0.29, 0.717) is 18.1 Å². The minimum absolute atomic E-state index is 0.0883. The van der Waals surface area contributed by atoms with E-state index in [1.54, 1.807) is 18.5 Å². The lowest BCUT2D eigenvalue weighted by Crippen LogP contribution is -2.21. The van der Waals surface area contributed by atoms with Crippen molar-refractivity contribution in [1.29, 1.82) is 0 Å². The van der Waals surface area contributed by atoms with E-state index in [4.69, 9.17) is 4.74 Å². The Balaban J connectivity index is 1.27. The van der Waals surface area contributed by atoms with Gasteiger partial charge in [-0.15, -0.1) is 0 Å². The maximum Gasteiger partial charge on any atom is 0.262 e. The van der Waals surface area contributed by atoms with Gasteiger partial charge in [0.1, 0.15) is 5.75 Å². The van der Waals surface area contributed by atoms with Gasteiger partial charge in [0.25, 0.3) is 5.91 Å². The molecule has 2 heterocycles. The molecule has 4 aromatic rings. The van der Waals surface area contributed by atoms with E-state index in [-0.39, 0.29) is 12.5 Å². The van der Waals surface area contributed by atoms with Gasteiger partial charge >= 0.3 is 0 Å². The maximum absolute atomic E-state index is 12.8. The quantitative estimate of drug-likeness (QED) is 0.386. The largest absolute Gasteiger partial charge is 0.483 e. The topological polar surface area (TPSA) is 79.4 Å². The highest BCUT2D eigenvalue weighted by Crippen LogP contribution is 2.32. The predicted octanol–water partition coefficient (Wildman–Crippen LogP) is 5.06. The Labute approximate surface area is 211 Å². The monoisotopic (exact) mass is 479 g/mol. The molecule has 182 valence electrons. The van der Waals surface area contributed by atoms with Gasteiger partial charge in [-0.1, -0.05) is 24.3 Å². The second-order valence-electron chi connectivity index (χ2n) is 9.12. The molecule has 0 saturated carbocycles. The summed E-state index contributed by atoms with van der Waals surface area (Å²) in [7, 11) is 3.99. The Hall–Kier alpha value is -4.23. The number of aryl methyl sites for hydroxylation is 2. The van der Waals surface area contributed by atoms with Gasteiger partial charge in [-0.25, -0.2) is 9.97 Å². The number of hydrogen-bond donors (Lipinski definition) is 2. The average Bonchev–Trinajstić information content (AvgIpc) is 3.07. The summed E-state index contributed by atoms with van der Waals surface area (Å²) < 4.78 is 5.95. The third kappa shape index (κ3) is 5.53. The van der Waals surface area contributed by atoms with Crippen LogP contribution in [0, 0.1) is 0 Å². The van der Waals surface area contributed by atoms with Crippen LogP contribution in [0.15, 0.2) is 79.1 Å². The van der Waals surface area contributed by atoms with Crippen molar-refractivity contribution in [2.45, 2.75) is 19.4 Å². The van der Waals surface area contributed by atoms with Crippen molar-refractivity contribution in [3.05, 3.63) is 95.8 Å². The summed E-state index contributed by atoms with van der Waals surface area (Å²) in [6.45, 7) is 0.574. The molecule has 0 fully saturated rings. The first kappa shape index (κ1) is 23.5. The van der Waals surface area contributed by atoms with E-state index in [9.17, 15) is 4.79 Å². The first-order valence-electron chi connectivity index (χ1n) is 12.0. The van der Waals surface area contributed by atoms with Gasteiger partial charge in [0.15, 0.2) is 12.4 Å². The normalized spacial score (nSPS) is 12.2. The van der Waals surface area contributed by atoms with E-state index < -0.39 is 0 Å². The number of aromatic nitrogens is 2. The number of anilines is 3. The molecule has 7 nitrogen and oxygen atoms in total. The number of para-hydroxylation sites is 1. The number of nitrogens with one attached hydrogen (secondary N) is 2. The minimum Gasteiger partial charge on any atom is -0.483 e. The second-order valence-corrected chi connectivity index (χ2v) is 9.12. The molecule has 0 bridgehead atoms. The van der Waals surface area contributed by atoms with Gasteiger partial charge in [-0.2, -0.15) is 0 Å². The van der Waals surface area contributed by atoms with Crippen LogP contribution in [0.2, 0.25) is 0 Å². The maximum atomic E-state index is 12.8. The molecule has 7 heteroatoms. The summed E-state index contributed by atoms with van der Waals surface area (Å²) in [6.07, 6.45) is 5.38. The molecule has 3 aromatic carbocycles. The van der Waals surface area contributed by atoms with Gasteiger partial charge in [0.2, 0.25) is 0 Å². The Morgan fingerprint density at radius 3 is 2.53 bits per heavy atom. The minimum atomic E-state index is -0.213. The summed E-state index contributed by atoms with van der Waals surface area (Å²) in [5.74, 6) is 1.11. The van der Waals surface area contributed by atoms with E-state index >= 15 is 0 Å². The summed E-state index contributed by atoms with van der Waals surface area (Å²) in [4.78, 5) is 23.5. The molecule has 0 atom stereocenters. The first-order chi connectivity index (χ1) is 17.5. The van der Waals surface area contributed by atoms with Gasteiger partial charge in [-0.3, -0.25) is 4.79 Å². The van der Waals surface area contributed by atoms with Crippen molar-refractivity contribution in [3.63, 3.8) is 0 Å². The van der Waals surface area contributed by atoms with E-state index in [0.717, 1.165) is 41.0 Å². The Kier molecular flexibility index (Phi) is 6.91. The van der Waals surface area contributed by atoms with Crippen LogP contribution >= 0.6 is 0 Å². The molecule has 1 amide bonds. The number of carbonyl (C=O) groups excluding carboxylic acids is 1. The number of benzene rings is 3. The zero-order chi connectivity index (χ0) is 24.9. The molecule has 0 spiro atoms. The fraction of sp³-hybridized carbons (Fsp3) is 0.207. The third-order valence-electron chi connectivity index (χ3n) is 6.07. The number of carbonyl (C=O) groups is 1. The van der Waals surface area contributed by atoms with Crippen LogP contribution in [0.3, 0.4) is 0 Å². The average molecular weight is 480 g/mol. The Bertz CT molecular complexity index is 1370. The van der Waals surface area contributed by atoms with Crippen molar-refractivity contribution in [1.82, 2.24) is 14.9 Å². The number of hydrogen-bond acceptors (Lipinski definition) is 6. The number of nitrogens with zero attached hydrogens (tertiary/aromatic N) is 3. The first-order valence-corrected chi connectivity index (χ1v) is 12.0. The van der Waals surface area contributed by atoms with Gasteiger partial charge in [0, 0.05) is 47.1 Å². The zero-order valence-corrected chi connectivity index (χ0v) is 20.5. The van der Waals surface area contributed by atoms with Gasteiger partial charge in [0.05, 0.1) is 0 Å². The summed E-state index contributed by atoms with van der Waals surface area (Å²) in [5, 5.41) is 6.49. The lowest BCUT2D eigenvalue weighted by atomic mass is 10.0. The number of ether oxygens (including phenoxy) is 1. The van der Waals surface area contributed by atoms with E-state index in [1.165, 1.54) is 11.1 Å². The fourth-order valence-corrected chi connectivity index (χ4v) is 4.38. The summed E-state index contributed by atoms with van der Waals surface area (Å²) in [6, 6.07) is 21.9. The smallest absolute Gasteiger partial charge is 0.262 e. The fourth-order valence-electron chi connectivity index (χ4n) is 4.38. The molecule has 0 unspecified atom stereocenters. The van der Waals surface area contributed by atoms with Gasteiger partial charge < -0.3 is 20.3 Å². The van der Waals surface area contributed by atoms with Crippen molar-refractivity contribution in [3.8, 4) is 17.1 Å². The molecule has 0 radical (unpaired) electrons. The number of fused-ring (bicyclic) bond motifs is 2.